The molecule has 0 saturated carbocycles. The topological polar surface area (TPSA) is 86.5 Å². The summed E-state index contributed by atoms with van der Waals surface area (Å²) in [6.45, 7) is 2.84. The van der Waals surface area contributed by atoms with E-state index in [-0.39, 0.29) is 40.6 Å². The zero-order valence-corrected chi connectivity index (χ0v) is 8.94. The number of Topliss-reactive ketones (excluding diaryl/α,β-unsaturated/α-hetero) is 2. The van der Waals surface area contributed by atoms with E-state index >= 15 is 0 Å². The van der Waals surface area contributed by atoms with Gasteiger partial charge in [0.15, 0.2) is 17.3 Å². The summed E-state index contributed by atoms with van der Waals surface area (Å²) in [7, 11) is 0. The Bertz CT molecular complexity index is 465. The largest absolute Gasteiger partial charge is 0.427 e. The molecule has 0 unspecified atom stereocenters. The first kappa shape index (κ1) is 11.9. The third-order valence-electron chi connectivity index (χ3n) is 2.11. The average Bonchev–Trinajstić information content (AvgIpc) is 2.20. The first-order valence-electron chi connectivity index (χ1n) is 4.53. The van der Waals surface area contributed by atoms with Crippen LogP contribution in [0.1, 0.15) is 34.6 Å². The van der Waals surface area contributed by atoms with E-state index in [2.05, 4.69) is 4.74 Å². The number of carbonyl (C=O) groups is 3. The number of nitrogen functional groups attached to an aromatic ring is 1. The van der Waals surface area contributed by atoms with Crippen molar-refractivity contribution in [2.45, 2.75) is 13.8 Å². The van der Waals surface area contributed by atoms with Crippen LogP contribution in [0.4, 0.5) is 5.69 Å². The number of carbonyl (C=O) groups excluding carboxylic acids is 3. The van der Waals surface area contributed by atoms with E-state index < -0.39 is 0 Å². The van der Waals surface area contributed by atoms with Crippen LogP contribution in [0.3, 0.4) is 0 Å². The molecule has 0 heterocycles. The third-order valence-corrected chi connectivity index (χ3v) is 2.11. The summed E-state index contributed by atoms with van der Waals surface area (Å²) in [4.78, 5) is 32.8. The standard InChI is InChI=1S/C11H11NO4/c1-6(14)8-3-4-9(16-5-13)11(12)10(8)7(2)15/h3-5H,12H2,1-2H3. The molecule has 1 aromatic carbocycles. The van der Waals surface area contributed by atoms with Gasteiger partial charge in [0.05, 0.1) is 11.3 Å². The van der Waals surface area contributed by atoms with Crippen molar-refractivity contribution in [1.82, 2.24) is 0 Å². The molecular formula is C11H11NO4. The highest BCUT2D eigenvalue weighted by Crippen LogP contribution is 2.28. The fourth-order valence-corrected chi connectivity index (χ4v) is 1.43. The highest BCUT2D eigenvalue weighted by Gasteiger charge is 2.18. The first-order valence-corrected chi connectivity index (χ1v) is 4.53. The van der Waals surface area contributed by atoms with Crippen molar-refractivity contribution in [3.05, 3.63) is 23.3 Å². The van der Waals surface area contributed by atoms with E-state index in [1.165, 1.54) is 26.0 Å². The molecule has 84 valence electrons. The maximum atomic E-state index is 11.4. The molecule has 0 aliphatic heterocycles. The Morgan fingerprint density at radius 3 is 2.31 bits per heavy atom. The number of benzene rings is 1. The lowest BCUT2D eigenvalue weighted by atomic mass is 9.99. The van der Waals surface area contributed by atoms with Gasteiger partial charge in [-0.15, -0.1) is 0 Å². The zero-order chi connectivity index (χ0) is 12.3. The van der Waals surface area contributed by atoms with Crippen LogP contribution >= 0.6 is 0 Å². The summed E-state index contributed by atoms with van der Waals surface area (Å²) in [5.74, 6) is -0.543. The number of hydrogen-bond donors (Lipinski definition) is 1. The van der Waals surface area contributed by atoms with E-state index in [1.54, 1.807) is 0 Å². The Kier molecular flexibility index (Phi) is 3.40. The fourth-order valence-electron chi connectivity index (χ4n) is 1.43. The summed E-state index contributed by atoms with van der Waals surface area (Å²) in [6.07, 6.45) is 0. The van der Waals surface area contributed by atoms with Gasteiger partial charge in [0.2, 0.25) is 0 Å². The Balaban J connectivity index is 3.47. The summed E-state index contributed by atoms with van der Waals surface area (Å²) in [5, 5.41) is 0. The molecule has 0 aromatic heterocycles. The lowest BCUT2D eigenvalue weighted by Crippen LogP contribution is -2.09. The SMILES string of the molecule is CC(=O)c1ccc(OC=O)c(N)c1C(C)=O. The van der Waals surface area contributed by atoms with Crippen molar-refractivity contribution in [3.63, 3.8) is 0 Å². The molecule has 0 fully saturated rings. The minimum Gasteiger partial charge on any atom is -0.427 e. The second-order valence-corrected chi connectivity index (χ2v) is 3.23. The van der Waals surface area contributed by atoms with E-state index in [0.717, 1.165) is 0 Å². The Labute approximate surface area is 92.2 Å². The molecule has 2 N–H and O–H groups in total. The second-order valence-electron chi connectivity index (χ2n) is 3.23. The van der Waals surface area contributed by atoms with Crippen molar-refractivity contribution in [3.8, 4) is 5.75 Å². The molecule has 0 aliphatic carbocycles. The van der Waals surface area contributed by atoms with Crippen molar-refractivity contribution < 1.29 is 19.1 Å². The Hall–Kier alpha value is -2.17. The number of anilines is 1. The number of nitrogens with two attached hydrogens (primary N) is 1. The molecule has 1 aromatic rings. The Morgan fingerprint density at radius 1 is 1.25 bits per heavy atom. The lowest BCUT2D eigenvalue weighted by Gasteiger charge is -2.10. The van der Waals surface area contributed by atoms with E-state index in [4.69, 9.17) is 5.73 Å². The van der Waals surface area contributed by atoms with Gasteiger partial charge in [0, 0.05) is 5.56 Å². The van der Waals surface area contributed by atoms with Crippen LogP contribution in [0.25, 0.3) is 0 Å². The molecule has 0 spiro atoms. The molecule has 0 atom stereocenters. The van der Waals surface area contributed by atoms with E-state index in [1.807, 2.05) is 0 Å². The molecule has 0 bridgehead atoms. The van der Waals surface area contributed by atoms with Gasteiger partial charge in [-0.05, 0) is 26.0 Å². The van der Waals surface area contributed by atoms with Gasteiger partial charge in [-0.1, -0.05) is 0 Å². The maximum Gasteiger partial charge on any atom is 0.298 e. The molecule has 1 rings (SSSR count). The third kappa shape index (κ3) is 2.08. The lowest BCUT2D eigenvalue weighted by molar-refractivity contribution is -0.120. The van der Waals surface area contributed by atoms with E-state index in [9.17, 15) is 14.4 Å². The Morgan fingerprint density at radius 2 is 1.88 bits per heavy atom. The van der Waals surface area contributed by atoms with Crippen LogP contribution in [0, 0.1) is 0 Å². The molecule has 16 heavy (non-hydrogen) atoms. The molecule has 0 saturated heterocycles. The average molecular weight is 221 g/mol. The van der Waals surface area contributed by atoms with Crippen LogP contribution < -0.4 is 10.5 Å². The predicted molar refractivity (Wildman–Crippen MR) is 57.6 cm³/mol. The van der Waals surface area contributed by atoms with Crippen LogP contribution in [0.5, 0.6) is 5.75 Å². The summed E-state index contributed by atoms with van der Waals surface area (Å²) < 4.78 is 4.59. The van der Waals surface area contributed by atoms with Gasteiger partial charge in [-0.25, -0.2) is 0 Å². The number of ketones is 2. The van der Waals surface area contributed by atoms with Gasteiger partial charge in [-0.2, -0.15) is 0 Å². The number of rotatable bonds is 4. The van der Waals surface area contributed by atoms with Crippen LogP contribution in [0.15, 0.2) is 12.1 Å². The maximum absolute atomic E-state index is 11.4. The summed E-state index contributed by atoms with van der Waals surface area (Å²) in [5.41, 5.74) is 5.97. The van der Waals surface area contributed by atoms with Gasteiger partial charge in [0.25, 0.3) is 6.47 Å². The normalized spacial score (nSPS) is 9.62. The van der Waals surface area contributed by atoms with Crippen molar-refractivity contribution in [2.24, 2.45) is 0 Å². The second kappa shape index (κ2) is 4.57. The fraction of sp³-hybridized carbons (Fsp3) is 0.182. The minimum atomic E-state index is -0.348. The van der Waals surface area contributed by atoms with Gasteiger partial charge >= 0.3 is 0 Å². The smallest absolute Gasteiger partial charge is 0.298 e. The first-order chi connectivity index (χ1) is 7.49. The molecule has 0 aliphatic rings. The highest BCUT2D eigenvalue weighted by atomic mass is 16.5. The molecule has 0 radical (unpaired) electrons. The number of hydrogen-bond acceptors (Lipinski definition) is 5. The quantitative estimate of drug-likeness (QED) is 0.469. The van der Waals surface area contributed by atoms with Gasteiger partial charge < -0.3 is 10.5 Å². The highest BCUT2D eigenvalue weighted by molar-refractivity contribution is 6.11. The summed E-state index contributed by atoms with van der Waals surface area (Å²) >= 11 is 0. The van der Waals surface area contributed by atoms with Crippen LogP contribution in [-0.2, 0) is 4.79 Å². The zero-order valence-electron chi connectivity index (χ0n) is 8.94. The van der Waals surface area contributed by atoms with Crippen molar-refractivity contribution >= 4 is 23.7 Å². The molecular weight excluding hydrogens is 210 g/mol. The molecule has 5 nitrogen and oxygen atoms in total. The van der Waals surface area contributed by atoms with Crippen LogP contribution in [-0.4, -0.2) is 18.0 Å². The molecule has 0 amide bonds. The predicted octanol–water partition coefficient (Wildman–Crippen LogP) is 1.21. The van der Waals surface area contributed by atoms with E-state index in [0.29, 0.717) is 0 Å². The minimum absolute atomic E-state index is 0.00676. The van der Waals surface area contributed by atoms with Gasteiger partial charge in [0.1, 0.15) is 0 Å². The molecule has 5 heteroatoms. The van der Waals surface area contributed by atoms with Crippen LogP contribution in [0.2, 0.25) is 0 Å². The van der Waals surface area contributed by atoms with Gasteiger partial charge in [-0.3, -0.25) is 14.4 Å². The summed E-state index contributed by atoms with van der Waals surface area (Å²) in [6, 6.07) is 2.79. The monoisotopic (exact) mass is 221 g/mol. The van der Waals surface area contributed by atoms with Crippen molar-refractivity contribution in [1.29, 1.82) is 0 Å². The number of ether oxygens (including phenoxy) is 1. The van der Waals surface area contributed by atoms with Crippen molar-refractivity contribution in [2.75, 3.05) is 5.73 Å².